The largest absolute Gasteiger partial charge is 0.481 e. The van der Waals surface area contributed by atoms with Gasteiger partial charge in [-0.05, 0) is 25.7 Å². The first kappa shape index (κ1) is 35.9. The summed E-state index contributed by atoms with van der Waals surface area (Å²) in [5, 5.41) is 9.00. The molecule has 0 amide bonds. The van der Waals surface area contributed by atoms with Gasteiger partial charge < -0.3 is 28.5 Å². The van der Waals surface area contributed by atoms with E-state index in [1.54, 1.807) is 20.8 Å². The predicted molar refractivity (Wildman–Crippen MR) is 100 cm³/mol. The van der Waals surface area contributed by atoms with Crippen molar-refractivity contribution in [2.45, 2.75) is 79.6 Å². The molecule has 6 nitrogen and oxygen atoms in total. The van der Waals surface area contributed by atoms with Crippen molar-refractivity contribution in [3.05, 3.63) is 13.8 Å². The van der Waals surface area contributed by atoms with E-state index in [-0.39, 0.29) is 102 Å². The molecule has 28 heavy (non-hydrogen) atoms. The Hall–Kier alpha value is 0.488. The van der Waals surface area contributed by atoms with Gasteiger partial charge in [-0.25, -0.2) is 0 Å². The van der Waals surface area contributed by atoms with Crippen LogP contribution in [0.1, 0.15) is 79.6 Å². The van der Waals surface area contributed by atoms with Gasteiger partial charge in [0, 0.05) is 71.8 Å². The van der Waals surface area contributed by atoms with Gasteiger partial charge in [0.1, 0.15) is 5.78 Å². The van der Waals surface area contributed by atoms with Crippen molar-refractivity contribution in [1.29, 1.82) is 0 Å². The number of carbonyl (C=O) groups is 4. The van der Waals surface area contributed by atoms with Gasteiger partial charge in [-0.3, -0.25) is 14.4 Å². The summed E-state index contributed by atoms with van der Waals surface area (Å²) >= 11 is 0. The molecular weight excluding hydrogens is 514 g/mol. The van der Waals surface area contributed by atoms with Gasteiger partial charge in [-0.15, -0.1) is 6.42 Å². The topological polar surface area (TPSA) is 97.7 Å². The SMILES string of the molecule is CCC1(CC)CC(=O)OC1=O.[CH2-]C.[CH2-]CC(=O)CC(CC)(CC)C(=O)O.[Y].[Y]. The normalized spacial score (nSPS) is 14.1. The van der Waals surface area contributed by atoms with Gasteiger partial charge in [0.05, 0.1) is 17.3 Å². The molecule has 0 bridgehead atoms. The van der Waals surface area contributed by atoms with Crippen LogP contribution in [-0.2, 0) is 89.3 Å². The Labute approximate surface area is 220 Å². The molecule has 1 heterocycles. The number of ether oxygens (including phenoxy) is 1. The first-order valence-electron chi connectivity index (χ1n) is 9.17. The summed E-state index contributed by atoms with van der Waals surface area (Å²) in [4.78, 5) is 44.0. The summed E-state index contributed by atoms with van der Waals surface area (Å²) in [5.74, 6) is -1.67. The zero-order valence-electron chi connectivity index (χ0n) is 18.0. The maximum Gasteiger partial charge on any atom is 0.320 e. The molecule has 1 saturated heterocycles. The van der Waals surface area contributed by atoms with Crippen LogP contribution in [0.15, 0.2) is 0 Å². The monoisotopic (exact) mass is 548 g/mol. The van der Waals surface area contributed by atoms with Crippen molar-refractivity contribution in [2.75, 3.05) is 0 Å². The van der Waals surface area contributed by atoms with Crippen molar-refractivity contribution < 1.29 is 94.4 Å². The van der Waals surface area contributed by atoms with E-state index < -0.39 is 16.8 Å². The van der Waals surface area contributed by atoms with E-state index in [2.05, 4.69) is 18.6 Å². The second-order valence-electron chi connectivity index (χ2n) is 6.18. The molecular formula is C20H34O6Y2-2. The van der Waals surface area contributed by atoms with Crippen molar-refractivity contribution in [1.82, 2.24) is 0 Å². The fraction of sp³-hybridized carbons (Fsp3) is 0.700. The number of Topliss-reactive ketones (excluding diaryl/α,β-unsaturated/α-hetero) is 1. The van der Waals surface area contributed by atoms with Crippen LogP contribution in [0.5, 0.6) is 0 Å². The van der Waals surface area contributed by atoms with E-state index >= 15 is 0 Å². The van der Waals surface area contributed by atoms with E-state index in [1.165, 1.54) is 0 Å². The van der Waals surface area contributed by atoms with Gasteiger partial charge in [0.25, 0.3) is 0 Å². The minimum absolute atomic E-state index is 0. The number of esters is 2. The zero-order valence-corrected chi connectivity index (χ0v) is 23.7. The molecule has 0 atom stereocenters. The van der Waals surface area contributed by atoms with Crippen LogP contribution in [0.3, 0.4) is 0 Å². The number of rotatable bonds is 8. The Morgan fingerprint density at radius 2 is 1.50 bits per heavy atom. The fourth-order valence-corrected chi connectivity index (χ4v) is 2.73. The third kappa shape index (κ3) is 10.5. The maximum atomic E-state index is 11.1. The number of aliphatic carboxylic acids is 1. The van der Waals surface area contributed by atoms with Crippen LogP contribution in [0, 0.1) is 24.7 Å². The van der Waals surface area contributed by atoms with E-state index in [9.17, 15) is 19.2 Å². The Morgan fingerprint density at radius 1 is 1.07 bits per heavy atom. The van der Waals surface area contributed by atoms with Crippen molar-refractivity contribution in [3.63, 3.8) is 0 Å². The smallest absolute Gasteiger partial charge is 0.320 e. The standard InChI is InChI=1S/C10H17O3.C8H12O3.C2H5.2Y/c1-4-8(11)7-10(5-2,6-3)9(12)13;1-3-8(4-2)5-6(9)11-7(8)10;1-2;;/h1,4-7H2,2-3H3,(H,12,13);3-5H2,1-2H3;1H2,2H3;;/q-1;;-1;;. The van der Waals surface area contributed by atoms with Crippen molar-refractivity contribution >= 4 is 23.7 Å². The van der Waals surface area contributed by atoms with Crippen LogP contribution in [0.2, 0.25) is 0 Å². The summed E-state index contributed by atoms with van der Waals surface area (Å²) in [5.41, 5.74) is -1.37. The number of carboxylic acids is 1. The molecule has 0 aliphatic carbocycles. The van der Waals surface area contributed by atoms with Crippen LogP contribution >= 0.6 is 0 Å². The van der Waals surface area contributed by atoms with E-state index in [4.69, 9.17) is 5.11 Å². The molecule has 0 aromatic carbocycles. The first-order valence-corrected chi connectivity index (χ1v) is 9.17. The van der Waals surface area contributed by atoms with Gasteiger partial charge in [0.2, 0.25) is 0 Å². The van der Waals surface area contributed by atoms with Crippen LogP contribution < -0.4 is 0 Å². The third-order valence-electron chi connectivity index (χ3n) is 5.10. The minimum atomic E-state index is -0.876. The summed E-state index contributed by atoms with van der Waals surface area (Å²) in [6.07, 6.45) is 2.91. The summed E-state index contributed by atoms with van der Waals surface area (Å²) in [7, 11) is 0. The summed E-state index contributed by atoms with van der Waals surface area (Å²) < 4.78 is 4.48. The number of hydrogen-bond donors (Lipinski definition) is 1. The second-order valence-corrected chi connectivity index (χ2v) is 6.18. The number of ketones is 1. The molecule has 1 N–H and O–H groups in total. The molecule has 0 aromatic heterocycles. The average Bonchev–Trinajstić information content (AvgIpc) is 2.95. The number of carboxylic acid groups (broad SMARTS) is 1. The number of cyclic esters (lactones) is 2. The fourth-order valence-electron chi connectivity index (χ4n) is 2.73. The summed E-state index contributed by atoms with van der Waals surface area (Å²) in [6, 6.07) is 0. The first-order chi connectivity index (χ1) is 12.2. The van der Waals surface area contributed by atoms with Gasteiger partial charge >= 0.3 is 17.9 Å². The van der Waals surface area contributed by atoms with Crippen molar-refractivity contribution in [3.8, 4) is 0 Å². The van der Waals surface area contributed by atoms with Crippen LogP contribution in [0.4, 0.5) is 0 Å². The number of hydrogen-bond acceptors (Lipinski definition) is 5. The third-order valence-corrected chi connectivity index (χ3v) is 5.10. The van der Waals surface area contributed by atoms with Crippen LogP contribution in [-0.4, -0.2) is 28.8 Å². The van der Waals surface area contributed by atoms with E-state index in [0.717, 1.165) is 0 Å². The van der Waals surface area contributed by atoms with Gasteiger partial charge in [0.15, 0.2) is 0 Å². The molecule has 1 aliphatic heterocycles. The van der Waals surface area contributed by atoms with Gasteiger partial charge in [-0.2, -0.15) is 6.92 Å². The average molecular weight is 548 g/mol. The second kappa shape index (κ2) is 18.3. The Kier molecular flexibility index (Phi) is 23.4. The molecule has 1 rings (SSSR count). The molecule has 2 radical (unpaired) electrons. The Morgan fingerprint density at radius 3 is 1.68 bits per heavy atom. The minimum Gasteiger partial charge on any atom is -0.481 e. The quantitative estimate of drug-likeness (QED) is 0.278. The molecule has 158 valence electrons. The van der Waals surface area contributed by atoms with Crippen molar-refractivity contribution in [2.24, 2.45) is 10.8 Å². The van der Waals surface area contributed by atoms with E-state index in [0.29, 0.717) is 25.7 Å². The predicted octanol–water partition coefficient (Wildman–Crippen LogP) is 4.16. The molecule has 0 saturated carbocycles. The molecule has 1 aliphatic rings. The zero-order chi connectivity index (χ0) is 21.0. The number of carbonyl (C=O) groups excluding carboxylic acids is 3. The Bertz CT molecular complexity index is 483. The molecule has 0 unspecified atom stereocenters. The van der Waals surface area contributed by atoms with E-state index in [1.807, 2.05) is 13.8 Å². The molecule has 0 spiro atoms. The molecule has 1 fully saturated rings. The van der Waals surface area contributed by atoms with Gasteiger partial charge in [-0.1, -0.05) is 27.7 Å². The summed E-state index contributed by atoms with van der Waals surface area (Å²) in [6.45, 7) is 15.9. The molecule has 8 heteroatoms. The van der Waals surface area contributed by atoms with Crippen LogP contribution in [0.25, 0.3) is 0 Å². The Balaban J connectivity index is -0.000000178. The molecule has 0 aromatic rings. The maximum absolute atomic E-state index is 11.1.